The van der Waals surface area contributed by atoms with Crippen LogP contribution in [0.15, 0.2) is 42.7 Å². The Labute approximate surface area is 227 Å². The number of carbonyl (C=O) groups is 1. The molecule has 210 valence electrons. The topological polar surface area (TPSA) is 124 Å². The molecule has 14 heteroatoms. The Morgan fingerprint density at radius 1 is 1.25 bits per heavy atom. The highest BCUT2D eigenvalue weighted by Gasteiger charge is 2.42. The minimum Gasteiger partial charge on any atom is -0.475 e. The zero-order valence-electron chi connectivity index (χ0n) is 21.6. The molecule has 5 heterocycles. The molecule has 1 amide bonds. The summed E-state index contributed by atoms with van der Waals surface area (Å²) >= 11 is 0. The quantitative estimate of drug-likeness (QED) is 0.466. The predicted octanol–water partition coefficient (Wildman–Crippen LogP) is 3.49. The van der Waals surface area contributed by atoms with E-state index in [0.717, 1.165) is 12.1 Å². The second kappa shape index (κ2) is 9.86. The molecule has 0 spiro atoms. The first-order valence-corrected chi connectivity index (χ1v) is 12.7. The van der Waals surface area contributed by atoms with Gasteiger partial charge in [0.2, 0.25) is 17.7 Å². The van der Waals surface area contributed by atoms with Crippen LogP contribution in [0.5, 0.6) is 5.88 Å². The smallest absolute Gasteiger partial charge is 0.416 e. The van der Waals surface area contributed by atoms with E-state index >= 15 is 0 Å². The van der Waals surface area contributed by atoms with Crippen LogP contribution in [0.3, 0.4) is 0 Å². The Kier molecular flexibility index (Phi) is 6.45. The van der Waals surface area contributed by atoms with Gasteiger partial charge in [0, 0.05) is 30.4 Å². The monoisotopic (exact) mass is 557 g/mol. The van der Waals surface area contributed by atoms with Crippen LogP contribution >= 0.6 is 0 Å². The minimum absolute atomic E-state index is 0.0824. The molecule has 40 heavy (non-hydrogen) atoms. The van der Waals surface area contributed by atoms with Crippen LogP contribution in [0.2, 0.25) is 0 Å². The number of nitrogens with one attached hydrogen (secondary N) is 2. The van der Waals surface area contributed by atoms with Crippen molar-refractivity contribution < 1.29 is 32.2 Å². The minimum atomic E-state index is -4.47. The molecule has 1 unspecified atom stereocenters. The number of fused-ring (bicyclic) bond motifs is 4. The summed E-state index contributed by atoms with van der Waals surface area (Å²) in [6, 6.07) is 5.81. The third kappa shape index (κ3) is 5.36. The number of nitrogens with zero attached hydrogens (tertiary/aromatic N) is 5. The normalized spacial score (nSPS) is 22.9. The summed E-state index contributed by atoms with van der Waals surface area (Å²) < 4.78 is 56.5. The van der Waals surface area contributed by atoms with Crippen LogP contribution in [0.4, 0.5) is 30.6 Å². The van der Waals surface area contributed by atoms with Crippen molar-refractivity contribution in [3.05, 3.63) is 48.3 Å². The fourth-order valence-corrected chi connectivity index (χ4v) is 5.01. The van der Waals surface area contributed by atoms with E-state index in [4.69, 9.17) is 14.2 Å². The molecule has 2 saturated heterocycles. The first-order valence-electron chi connectivity index (χ1n) is 12.7. The lowest BCUT2D eigenvalue weighted by Crippen LogP contribution is -2.41. The van der Waals surface area contributed by atoms with E-state index in [1.807, 2.05) is 18.7 Å². The fourth-order valence-electron chi connectivity index (χ4n) is 5.01. The van der Waals surface area contributed by atoms with E-state index < -0.39 is 23.6 Å². The van der Waals surface area contributed by atoms with Crippen LogP contribution in [-0.2, 0) is 20.4 Å². The van der Waals surface area contributed by atoms with Crippen LogP contribution < -0.4 is 20.3 Å². The first-order chi connectivity index (χ1) is 19.0. The third-order valence-corrected chi connectivity index (χ3v) is 6.82. The van der Waals surface area contributed by atoms with Crippen molar-refractivity contribution in [2.45, 2.75) is 50.4 Å². The maximum absolute atomic E-state index is 13.3. The van der Waals surface area contributed by atoms with Gasteiger partial charge in [0.1, 0.15) is 18.8 Å². The Hall–Kier alpha value is -4.04. The van der Waals surface area contributed by atoms with E-state index in [1.165, 1.54) is 24.5 Å². The van der Waals surface area contributed by atoms with Gasteiger partial charge in [-0.2, -0.15) is 18.2 Å². The molecule has 3 aliphatic rings. The Balaban J connectivity index is 1.14. The number of halogens is 3. The predicted molar refractivity (Wildman–Crippen MR) is 137 cm³/mol. The maximum atomic E-state index is 13.3. The molecule has 0 saturated carbocycles. The molecule has 2 N–H and O–H groups in total. The lowest BCUT2D eigenvalue weighted by Gasteiger charge is -2.30. The summed E-state index contributed by atoms with van der Waals surface area (Å²) in [6.45, 7) is 4.84. The molecule has 2 aromatic heterocycles. The van der Waals surface area contributed by atoms with Gasteiger partial charge in [0.25, 0.3) is 0 Å². The molecule has 6 rings (SSSR count). The summed E-state index contributed by atoms with van der Waals surface area (Å²) in [7, 11) is 0. The standard InChI is InChI=1S/C26H26F3N7O4/c1-25(2)39-13-17(40-25)12-38-20-6-7-30-24(33-20)35-23(37)18-9-16-11-36(18)19-10-31-21(34-22(19)32-16)14-4-3-5-15(8-14)26(27,28)29/h3-8,10,16-18H,9,11-13H2,1-2H3,(H,31,32,34)(H,30,33,35,37)/t16-,17+,18?/m0/s1. The highest BCUT2D eigenvalue weighted by molar-refractivity contribution is 5.97. The van der Waals surface area contributed by atoms with Gasteiger partial charge in [0.05, 0.1) is 24.1 Å². The summed E-state index contributed by atoms with van der Waals surface area (Å²) in [6.07, 6.45) is -1.22. The summed E-state index contributed by atoms with van der Waals surface area (Å²) in [5.74, 6) is 0.0212. The van der Waals surface area contributed by atoms with Gasteiger partial charge in [-0.05, 0) is 32.4 Å². The van der Waals surface area contributed by atoms with Gasteiger partial charge in [-0.1, -0.05) is 12.1 Å². The van der Waals surface area contributed by atoms with Gasteiger partial charge in [-0.3, -0.25) is 10.1 Å². The van der Waals surface area contributed by atoms with Crippen molar-refractivity contribution in [2.75, 3.05) is 35.3 Å². The second-order valence-corrected chi connectivity index (χ2v) is 10.2. The van der Waals surface area contributed by atoms with Crippen molar-refractivity contribution in [3.63, 3.8) is 0 Å². The molecule has 2 fully saturated rings. The Morgan fingerprint density at radius 3 is 2.88 bits per heavy atom. The van der Waals surface area contributed by atoms with Crippen LogP contribution in [0, 0.1) is 0 Å². The highest BCUT2D eigenvalue weighted by Crippen LogP contribution is 2.39. The zero-order valence-corrected chi connectivity index (χ0v) is 21.6. The van der Waals surface area contributed by atoms with E-state index in [-0.39, 0.29) is 47.9 Å². The average Bonchev–Trinajstić information content (AvgIpc) is 3.45. The number of hydrogen-bond donors (Lipinski definition) is 2. The number of alkyl halides is 3. The molecular weight excluding hydrogens is 531 g/mol. The van der Waals surface area contributed by atoms with Gasteiger partial charge < -0.3 is 24.4 Å². The molecule has 0 radical (unpaired) electrons. The molecule has 0 aliphatic carbocycles. The average molecular weight is 558 g/mol. The second-order valence-electron chi connectivity index (χ2n) is 10.2. The number of amides is 1. The third-order valence-electron chi connectivity index (χ3n) is 6.82. The van der Waals surface area contributed by atoms with Gasteiger partial charge in [0.15, 0.2) is 17.4 Å². The molecule has 2 bridgehead atoms. The largest absolute Gasteiger partial charge is 0.475 e. The maximum Gasteiger partial charge on any atom is 0.416 e. The number of carbonyl (C=O) groups excluding carboxylic acids is 1. The van der Waals surface area contributed by atoms with E-state index in [2.05, 4.69) is 30.6 Å². The summed E-state index contributed by atoms with van der Waals surface area (Å²) in [5, 5.41) is 6.03. The SMILES string of the molecule is CC1(C)OC[C@@H](COc2ccnc(NC(=O)C3C[C@H]4CN3c3cnc(-c5cccc(C(F)(F)F)c5)nc3N4)n2)O1. The van der Waals surface area contributed by atoms with Gasteiger partial charge in [-0.15, -0.1) is 0 Å². The Morgan fingerprint density at radius 2 is 2.10 bits per heavy atom. The van der Waals surface area contributed by atoms with Crippen LogP contribution in [0.25, 0.3) is 11.4 Å². The van der Waals surface area contributed by atoms with Crippen molar-refractivity contribution in [2.24, 2.45) is 0 Å². The molecular formula is C26H26F3N7O4. The molecule has 3 aromatic rings. The molecule has 1 aromatic carbocycles. The molecule has 3 atom stereocenters. The van der Waals surface area contributed by atoms with Crippen LogP contribution in [-0.4, -0.2) is 69.6 Å². The van der Waals surface area contributed by atoms with Gasteiger partial charge in [-0.25, -0.2) is 15.0 Å². The van der Waals surface area contributed by atoms with Crippen LogP contribution in [0.1, 0.15) is 25.8 Å². The van der Waals surface area contributed by atoms with E-state index in [9.17, 15) is 18.0 Å². The molecule has 11 nitrogen and oxygen atoms in total. The zero-order chi connectivity index (χ0) is 28.1. The first kappa shape index (κ1) is 26.2. The van der Waals surface area contributed by atoms with Crippen molar-refractivity contribution in [1.82, 2.24) is 19.9 Å². The number of aromatic nitrogens is 4. The van der Waals surface area contributed by atoms with E-state index in [1.54, 1.807) is 6.07 Å². The van der Waals surface area contributed by atoms with Crippen molar-refractivity contribution in [1.29, 1.82) is 0 Å². The summed E-state index contributed by atoms with van der Waals surface area (Å²) in [5.41, 5.74) is 0.0577. The van der Waals surface area contributed by atoms with Gasteiger partial charge >= 0.3 is 6.18 Å². The number of hydrogen-bond acceptors (Lipinski definition) is 10. The van der Waals surface area contributed by atoms with E-state index in [0.29, 0.717) is 31.1 Å². The van der Waals surface area contributed by atoms with Crippen molar-refractivity contribution >= 4 is 23.4 Å². The fraction of sp³-hybridized carbons (Fsp3) is 0.423. The number of rotatable bonds is 6. The highest BCUT2D eigenvalue weighted by atomic mass is 19.4. The Bertz CT molecular complexity index is 1440. The molecule has 3 aliphatic heterocycles. The summed E-state index contributed by atoms with van der Waals surface area (Å²) in [4.78, 5) is 32.3. The lowest BCUT2D eigenvalue weighted by molar-refractivity contribution is -0.141. The number of anilines is 3. The van der Waals surface area contributed by atoms with Crippen molar-refractivity contribution in [3.8, 4) is 17.3 Å². The lowest BCUT2D eigenvalue weighted by atomic mass is 10.1. The number of benzene rings is 1. The number of ether oxygens (including phenoxy) is 3.